The molecule has 0 N–H and O–H groups in total. The maximum Gasteiger partial charge on any atom is 0.272 e. The normalized spacial score (nSPS) is 11.2. The van der Waals surface area contributed by atoms with E-state index in [1.165, 1.54) is 11.9 Å². The average Bonchev–Trinajstić information content (AvgIpc) is 2.36. The molecule has 0 radical (unpaired) electrons. The van der Waals surface area contributed by atoms with E-state index < -0.39 is 27.9 Å². The fourth-order valence-corrected chi connectivity index (χ4v) is 1.52. The van der Waals surface area contributed by atoms with E-state index in [4.69, 9.17) is 11.6 Å². The molecule has 1 aromatic rings. The topological polar surface area (TPSA) is 63.5 Å². The van der Waals surface area contributed by atoms with Crippen LogP contribution >= 0.6 is 11.6 Å². The summed E-state index contributed by atoms with van der Waals surface area (Å²) in [5.74, 6) is -1.31. The summed E-state index contributed by atoms with van der Waals surface area (Å²) in [4.78, 5) is 23.2. The molecule has 5 nitrogen and oxygen atoms in total. The van der Waals surface area contributed by atoms with Gasteiger partial charge in [-0.25, -0.2) is 4.39 Å². The number of nitro benzene ring substituents is 1. The van der Waals surface area contributed by atoms with Gasteiger partial charge in [0.05, 0.1) is 22.1 Å². The molecule has 0 aromatic heterocycles. The maximum atomic E-state index is 13.7. The van der Waals surface area contributed by atoms with Crippen LogP contribution < -0.4 is 0 Å². The zero-order valence-corrected chi connectivity index (χ0v) is 11.6. The Kier molecular flexibility index (Phi) is 4.47. The van der Waals surface area contributed by atoms with E-state index in [1.807, 2.05) is 0 Å². The Hall–Kier alpha value is -1.69. The van der Waals surface area contributed by atoms with E-state index in [2.05, 4.69) is 0 Å². The highest BCUT2D eigenvalue weighted by atomic mass is 35.5. The Morgan fingerprint density at radius 2 is 2.11 bits per heavy atom. The molecule has 0 heterocycles. The number of alkyl halides is 1. The summed E-state index contributed by atoms with van der Waals surface area (Å²) < 4.78 is 13.7. The second kappa shape index (κ2) is 5.52. The van der Waals surface area contributed by atoms with Crippen molar-refractivity contribution >= 4 is 23.2 Å². The van der Waals surface area contributed by atoms with Crippen molar-refractivity contribution in [1.29, 1.82) is 0 Å². The van der Waals surface area contributed by atoms with Gasteiger partial charge in [0.25, 0.3) is 11.6 Å². The number of halogens is 2. The number of benzene rings is 1. The minimum absolute atomic E-state index is 0.184. The lowest BCUT2D eigenvalue weighted by Crippen LogP contribution is -2.46. The molecule has 0 aliphatic heterocycles. The molecule has 0 atom stereocenters. The quantitative estimate of drug-likeness (QED) is 0.486. The van der Waals surface area contributed by atoms with E-state index in [-0.39, 0.29) is 11.4 Å². The lowest BCUT2D eigenvalue weighted by atomic mass is 10.0. The molecule has 104 valence electrons. The molecule has 0 saturated carbocycles. The molecule has 0 saturated heterocycles. The van der Waals surface area contributed by atoms with Crippen molar-refractivity contribution in [3.63, 3.8) is 0 Å². The van der Waals surface area contributed by atoms with Crippen LogP contribution in [0.4, 0.5) is 10.1 Å². The molecule has 1 rings (SSSR count). The minimum Gasteiger partial charge on any atom is -0.335 e. The van der Waals surface area contributed by atoms with E-state index >= 15 is 0 Å². The second-order valence-corrected chi connectivity index (χ2v) is 5.00. The number of rotatable bonds is 4. The lowest BCUT2D eigenvalue weighted by Gasteiger charge is -2.34. The maximum absolute atomic E-state index is 13.7. The SMILES string of the molecule is CN(C(=O)c1ccc([N+](=O)[O-])cc1F)C(C)(C)CCl. The Balaban J connectivity index is 3.11. The fraction of sp³-hybridized carbons (Fsp3) is 0.417. The first-order valence-electron chi connectivity index (χ1n) is 5.49. The summed E-state index contributed by atoms with van der Waals surface area (Å²) in [5.41, 5.74) is -1.26. The third-order valence-electron chi connectivity index (χ3n) is 2.93. The van der Waals surface area contributed by atoms with Crippen LogP contribution in [0.3, 0.4) is 0 Å². The number of carbonyl (C=O) groups excluding carboxylic acids is 1. The average molecular weight is 289 g/mol. The molecule has 0 aliphatic carbocycles. The molecular formula is C12H14ClFN2O3. The van der Waals surface area contributed by atoms with Crippen molar-refractivity contribution in [2.45, 2.75) is 19.4 Å². The monoisotopic (exact) mass is 288 g/mol. The zero-order valence-electron chi connectivity index (χ0n) is 10.8. The number of nitro groups is 1. The Morgan fingerprint density at radius 1 is 1.53 bits per heavy atom. The summed E-state index contributed by atoms with van der Waals surface area (Å²) in [7, 11) is 1.51. The fourth-order valence-electron chi connectivity index (χ4n) is 1.34. The number of carbonyl (C=O) groups is 1. The van der Waals surface area contributed by atoms with E-state index in [0.29, 0.717) is 0 Å². The summed E-state index contributed by atoms with van der Waals surface area (Å²) in [6, 6.07) is 2.93. The van der Waals surface area contributed by atoms with Crippen molar-refractivity contribution in [1.82, 2.24) is 4.90 Å². The standard InChI is InChI=1S/C12H14ClFN2O3/c1-12(2,7-13)15(3)11(17)9-5-4-8(16(18)19)6-10(9)14/h4-6H,7H2,1-3H3. The van der Waals surface area contributed by atoms with Crippen LogP contribution in [0, 0.1) is 15.9 Å². The highest BCUT2D eigenvalue weighted by Crippen LogP contribution is 2.21. The van der Waals surface area contributed by atoms with Crippen molar-refractivity contribution in [3.05, 3.63) is 39.7 Å². The van der Waals surface area contributed by atoms with Crippen molar-refractivity contribution in [2.24, 2.45) is 0 Å². The lowest BCUT2D eigenvalue weighted by molar-refractivity contribution is -0.385. The molecule has 0 fully saturated rings. The van der Waals surface area contributed by atoms with Gasteiger partial charge in [0.1, 0.15) is 5.82 Å². The van der Waals surface area contributed by atoms with Gasteiger partial charge in [-0.15, -0.1) is 11.6 Å². The first-order valence-corrected chi connectivity index (χ1v) is 6.02. The summed E-state index contributed by atoms with van der Waals surface area (Å²) >= 11 is 5.75. The molecule has 0 aliphatic rings. The first kappa shape index (κ1) is 15.4. The molecule has 19 heavy (non-hydrogen) atoms. The van der Waals surface area contributed by atoms with Gasteiger partial charge < -0.3 is 4.90 Å². The van der Waals surface area contributed by atoms with Gasteiger partial charge in [-0.05, 0) is 19.9 Å². The van der Waals surface area contributed by atoms with Crippen LogP contribution in [0.1, 0.15) is 24.2 Å². The van der Waals surface area contributed by atoms with Gasteiger partial charge in [0.2, 0.25) is 0 Å². The number of hydrogen-bond donors (Lipinski definition) is 0. The Bertz CT molecular complexity index is 520. The number of non-ortho nitro benzene ring substituents is 1. The number of amides is 1. The van der Waals surface area contributed by atoms with Crippen molar-refractivity contribution in [3.8, 4) is 0 Å². The summed E-state index contributed by atoms with van der Waals surface area (Å²) in [5, 5.41) is 10.5. The highest BCUT2D eigenvalue weighted by Gasteiger charge is 2.29. The van der Waals surface area contributed by atoms with Crippen LogP contribution in [0.25, 0.3) is 0 Å². The minimum atomic E-state index is -0.920. The van der Waals surface area contributed by atoms with Gasteiger partial charge >= 0.3 is 0 Å². The smallest absolute Gasteiger partial charge is 0.272 e. The van der Waals surface area contributed by atoms with Gasteiger partial charge in [0, 0.05) is 19.0 Å². The second-order valence-electron chi connectivity index (χ2n) is 4.73. The van der Waals surface area contributed by atoms with Crippen molar-refractivity contribution in [2.75, 3.05) is 12.9 Å². The van der Waals surface area contributed by atoms with Crippen LogP contribution in [-0.2, 0) is 0 Å². The van der Waals surface area contributed by atoms with Crippen LogP contribution in [0.2, 0.25) is 0 Å². The summed E-state index contributed by atoms with van der Waals surface area (Å²) in [6.07, 6.45) is 0. The molecule has 7 heteroatoms. The largest absolute Gasteiger partial charge is 0.335 e. The molecule has 0 spiro atoms. The van der Waals surface area contributed by atoms with Gasteiger partial charge in [0.15, 0.2) is 0 Å². The predicted molar refractivity (Wildman–Crippen MR) is 69.9 cm³/mol. The van der Waals surface area contributed by atoms with Gasteiger partial charge in [-0.1, -0.05) is 0 Å². The third kappa shape index (κ3) is 3.20. The third-order valence-corrected chi connectivity index (χ3v) is 3.59. The number of hydrogen-bond acceptors (Lipinski definition) is 3. The zero-order chi connectivity index (χ0) is 14.8. The van der Waals surface area contributed by atoms with Crippen molar-refractivity contribution < 1.29 is 14.1 Å². The van der Waals surface area contributed by atoms with Crippen LogP contribution in [0.15, 0.2) is 18.2 Å². The van der Waals surface area contributed by atoms with E-state index in [1.54, 1.807) is 13.8 Å². The summed E-state index contributed by atoms with van der Waals surface area (Å²) in [6.45, 7) is 3.47. The molecular weight excluding hydrogens is 275 g/mol. The van der Waals surface area contributed by atoms with E-state index in [9.17, 15) is 19.3 Å². The molecule has 1 amide bonds. The van der Waals surface area contributed by atoms with Gasteiger partial charge in [-0.2, -0.15) is 0 Å². The van der Waals surface area contributed by atoms with Crippen LogP contribution in [0.5, 0.6) is 0 Å². The highest BCUT2D eigenvalue weighted by molar-refractivity contribution is 6.18. The predicted octanol–water partition coefficient (Wildman–Crippen LogP) is 2.82. The molecule has 1 aromatic carbocycles. The number of nitrogens with zero attached hydrogens (tertiary/aromatic N) is 2. The molecule has 0 bridgehead atoms. The Labute approximate surface area is 115 Å². The van der Waals surface area contributed by atoms with Gasteiger partial charge in [-0.3, -0.25) is 14.9 Å². The van der Waals surface area contributed by atoms with E-state index in [0.717, 1.165) is 18.2 Å². The van der Waals surface area contributed by atoms with Crippen LogP contribution in [-0.4, -0.2) is 34.2 Å². The first-order chi connectivity index (χ1) is 8.70. The molecule has 0 unspecified atom stereocenters. The Morgan fingerprint density at radius 3 is 2.53 bits per heavy atom.